The number of hydrogen-bond acceptors (Lipinski definition) is 6. The molecule has 3 rings (SSSR count). The first kappa shape index (κ1) is 17.9. The van der Waals surface area contributed by atoms with Crippen molar-refractivity contribution in [3.8, 4) is 5.82 Å². The van der Waals surface area contributed by atoms with E-state index >= 15 is 0 Å². The summed E-state index contributed by atoms with van der Waals surface area (Å²) in [5.74, 6) is 1.54. The van der Waals surface area contributed by atoms with E-state index in [1.54, 1.807) is 10.9 Å². The van der Waals surface area contributed by atoms with Gasteiger partial charge in [-0.05, 0) is 37.7 Å². The molecule has 1 aromatic carbocycles. The number of nitrogen functional groups attached to an aromatic ring is 1. The summed E-state index contributed by atoms with van der Waals surface area (Å²) < 4.78 is 1.66. The van der Waals surface area contributed by atoms with Crippen LogP contribution in [0.25, 0.3) is 5.82 Å². The van der Waals surface area contributed by atoms with E-state index in [0.717, 1.165) is 6.42 Å². The molecule has 0 radical (unpaired) electrons. The lowest BCUT2D eigenvalue weighted by Gasteiger charge is -2.25. The van der Waals surface area contributed by atoms with Crippen LogP contribution in [0.3, 0.4) is 0 Å². The van der Waals surface area contributed by atoms with E-state index in [9.17, 15) is 0 Å². The lowest BCUT2D eigenvalue weighted by Crippen LogP contribution is -2.27. The highest BCUT2D eigenvalue weighted by Gasteiger charge is 2.15. The Bertz CT molecular complexity index is 826. The van der Waals surface area contributed by atoms with Gasteiger partial charge in [0.2, 0.25) is 5.95 Å². The van der Waals surface area contributed by atoms with E-state index < -0.39 is 0 Å². The highest BCUT2D eigenvalue weighted by molar-refractivity contribution is 5.45. The molecule has 0 aliphatic rings. The van der Waals surface area contributed by atoms with Gasteiger partial charge in [-0.25, -0.2) is 4.68 Å². The molecule has 0 saturated heterocycles. The number of hydrogen-bond donors (Lipinski definition) is 2. The molecule has 0 aliphatic heterocycles. The Balaban J connectivity index is 1.77. The smallest absolute Gasteiger partial charge is 0.224 e. The van der Waals surface area contributed by atoms with Crippen LogP contribution < -0.4 is 11.1 Å². The summed E-state index contributed by atoms with van der Waals surface area (Å²) in [5.41, 5.74) is 8.46. The molecule has 0 amide bonds. The van der Waals surface area contributed by atoms with Crippen molar-refractivity contribution >= 4 is 11.8 Å². The van der Waals surface area contributed by atoms with Gasteiger partial charge < -0.3 is 16.0 Å². The molecule has 3 N–H and O–H groups in total. The summed E-state index contributed by atoms with van der Waals surface area (Å²) in [6, 6.07) is 12.6. The summed E-state index contributed by atoms with van der Waals surface area (Å²) in [4.78, 5) is 10.7. The van der Waals surface area contributed by atoms with Gasteiger partial charge in [0.15, 0.2) is 5.82 Å². The van der Waals surface area contributed by atoms with E-state index in [1.165, 1.54) is 11.1 Å². The van der Waals surface area contributed by atoms with E-state index in [4.69, 9.17) is 5.73 Å². The Morgan fingerprint density at radius 1 is 1.19 bits per heavy atom. The van der Waals surface area contributed by atoms with Crippen LogP contribution in [0.15, 0.2) is 48.8 Å². The van der Waals surface area contributed by atoms with Crippen molar-refractivity contribution in [2.24, 2.45) is 0 Å². The van der Waals surface area contributed by atoms with Gasteiger partial charge in [-0.1, -0.05) is 31.2 Å². The molecule has 0 unspecified atom stereocenters. The molecule has 7 heteroatoms. The molecule has 1 atom stereocenters. The molecule has 0 spiro atoms. The fraction of sp³-hybridized carbons (Fsp3) is 0.316. The van der Waals surface area contributed by atoms with E-state index in [-0.39, 0.29) is 12.0 Å². The maximum absolute atomic E-state index is 5.86. The standard InChI is InChI=1S/C19H25N7/c1-4-14-6-8-15(9-7-14)16(25(2)3)13-21-17-12-18(24-19(20)23-17)26-11-5-10-22-26/h5-12,16H,4,13H2,1-3H3,(H3,20,21,23,24)/t16-/m1/s1. The monoisotopic (exact) mass is 351 g/mol. The number of nitrogens with one attached hydrogen (secondary N) is 1. The fourth-order valence-corrected chi connectivity index (χ4v) is 2.84. The molecule has 3 aromatic rings. The minimum atomic E-state index is 0.213. The summed E-state index contributed by atoms with van der Waals surface area (Å²) in [5, 5.41) is 7.57. The molecular formula is C19H25N7. The highest BCUT2D eigenvalue weighted by atomic mass is 15.3. The molecule has 2 heterocycles. The number of rotatable bonds is 7. The van der Waals surface area contributed by atoms with Gasteiger partial charge >= 0.3 is 0 Å². The average Bonchev–Trinajstić information content (AvgIpc) is 3.16. The maximum Gasteiger partial charge on any atom is 0.224 e. The second-order valence-electron chi connectivity index (χ2n) is 6.38. The van der Waals surface area contributed by atoms with E-state index in [1.807, 2.05) is 18.3 Å². The summed E-state index contributed by atoms with van der Waals surface area (Å²) in [6.07, 6.45) is 4.57. The maximum atomic E-state index is 5.86. The zero-order valence-electron chi connectivity index (χ0n) is 15.4. The molecule has 7 nitrogen and oxygen atoms in total. The quantitative estimate of drug-likeness (QED) is 0.680. The zero-order valence-corrected chi connectivity index (χ0v) is 15.4. The second-order valence-corrected chi connectivity index (χ2v) is 6.38. The van der Waals surface area contributed by atoms with Crippen LogP contribution in [0.5, 0.6) is 0 Å². The third-order valence-corrected chi connectivity index (χ3v) is 4.34. The van der Waals surface area contributed by atoms with Gasteiger partial charge in [-0.3, -0.25) is 0 Å². The lowest BCUT2D eigenvalue weighted by atomic mass is 10.0. The molecule has 26 heavy (non-hydrogen) atoms. The molecule has 136 valence electrons. The van der Waals surface area contributed by atoms with E-state index in [0.29, 0.717) is 18.2 Å². The Kier molecular flexibility index (Phi) is 5.48. The molecule has 0 bridgehead atoms. The van der Waals surface area contributed by atoms with Crippen molar-refractivity contribution in [1.82, 2.24) is 24.6 Å². The summed E-state index contributed by atoms with van der Waals surface area (Å²) >= 11 is 0. The van der Waals surface area contributed by atoms with Gasteiger partial charge in [-0.15, -0.1) is 0 Å². The number of aromatic nitrogens is 4. The number of nitrogens with two attached hydrogens (primary N) is 1. The molecule has 0 fully saturated rings. The summed E-state index contributed by atoms with van der Waals surface area (Å²) in [6.45, 7) is 2.87. The van der Waals surface area contributed by atoms with E-state index in [2.05, 4.69) is 70.6 Å². The van der Waals surface area contributed by atoms with Gasteiger partial charge in [0, 0.05) is 25.0 Å². The minimum Gasteiger partial charge on any atom is -0.368 e. The third-order valence-electron chi connectivity index (χ3n) is 4.34. The van der Waals surface area contributed by atoms with Crippen LogP contribution in [-0.4, -0.2) is 45.3 Å². The van der Waals surface area contributed by atoms with Crippen LogP contribution in [0, 0.1) is 0 Å². The van der Waals surface area contributed by atoms with Crippen molar-refractivity contribution in [3.63, 3.8) is 0 Å². The summed E-state index contributed by atoms with van der Waals surface area (Å²) in [7, 11) is 4.15. The van der Waals surface area contributed by atoms with Crippen LogP contribution in [-0.2, 0) is 6.42 Å². The number of nitrogens with zero attached hydrogens (tertiary/aromatic N) is 5. The Hall–Kier alpha value is -2.93. The topological polar surface area (TPSA) is 84.9 Å². The van der Waals surface area contributed by atoms with Crippen LogP contribution in [0.2, 0.25) is 0 Å². The number of benzene rings is 1. The zero-order chi connectivity index (χ0) is 18.5. The van der Waals surface area contributed by atoms with Crippen molar-refractivity contribution in [2.45, 2.75) is 19.4 Å². The van der Waals surface area contributed by atoms with Crippen molar-refractivity contribution < 1.29 is 0 Å². The van der Waals surface area contributed by atoms with Gasteiger partial charge in [0.05, 0.1) is 6.04 Å². The Morgan fingerprint density at radius 2 is 1.96 bits per heavy atom. The fourth-order valence-electron chi connectivity index (χ4n) is 2.84. The van der Waals surface area contributed by atoms with Gasteiger partial charge in [0.1, 0.15) is 5.82 Å². The molecule has 0 saturated carbocycles. The second kappa shape index (κ2) is 7.97. The number of aryl methyl sites for hydroxylation is 1. The first-order valence-electron chi connectivity index (χ1n) is 8.70. The Morgan fingerprint density at radius 3 is 2.58 bits per heavy atom. The van der Waals surface area contributed by atoms with Crippen molar-refractivity contribution in [1.29, 1.82) is 0 Å². The predicted molar refractivity (Wildman–Crippen MR) is 104 cm³/mol. The Labute approximate surface area is 153 Å². The average molecular weight is 351 g/mol. The SMILES string of the molecule is CCc1ccc([C@@H](CNc2cc(-n3cccn3)nc(N)n2)N(C)C)cc1. The predicted octanol–water partition coefficient (Wildman–Crippen LogP) is 2.52. The van der Waals surface area contributed by atoms with Crippen LogP contribution in [0.4, 0.5) is 11.8 Å². The van der Waals surface area contributed by atoms with Crippen molar-refractivity contribution in [3.05, 3.63) is 59.9 Å². The van der Waals surface area contributed by atoms with Crippen molar-refractivity contribution in [2.75, 3.05) is 31.7 Å². The third kappa shape index (κ3) is 4.18. The number of anilines is 2. The van der Waals surface area contributed by atoms with Gasteiger partial charge in [0.25, 0.3) is 0 Å². The van der Waals surface area contributed by atoms with Crippen LogP contribution in [0.1, 0.15) is 24.1 Å². The van der Waals surface area contributed by atoms with Crippen LogP contribution >= 0.6 is 0 Å². The molecular weight excluding hydrogens is 326 g/mol. The number of likely N-dealkylation sites (N-methyl/N-ethyl adjacent to an activating group) is 1. The normalized spacial score (nSPS) is 12.3. The molecule has 0 aliphatic carbocycles. The minimum absolute atomic E-state index is 0.213. The first-order valence-corrected chi connectivity index (χ1v) is 8.70. The molecule has 2 aromatic heterocycles. The first-order chi connectivity index (χ1) is 12.6. The largest absolute Gasteiger partial charge is 0.368 e. The van der Waals surface area contributed by atoms with Gasteiger partial charge in [-0.2, -0.15) is 15.1 Å². The lowest BCUT2D eigenvalue weighted by molar-refractivity contribution is 0.311. The highest BCUT2D eigenvalue weighted by Crippen LogP contribution is 2.20.